The van der Waals surface area contributed by atoms with Crippen molar-refractivity contribution in [2.24, 2.45) is 5.22 Å². The van der Waals surface area contributed by atoms with Gasteiger partial charge in [-0.3, -0.25) is 0 Å². The second-order valence-corrected chi connectivity index (χ2v) is 6.46. The maximum Gasteiger partial charge on any atom is 0.123 e. The van der Waals surface area contributed by atoms with Crippen LogP contribution in [0.1, 0.15) is 24.0 Å². The predicted octanol–water partition coefficient (Wildman–Crippen LogP) is 5.86. The van der Waals surface area contributed by atoms with E-state index in [4.69, 9.17) is 10.3 Å². The molecule has 1 aliphatic rings. The minimum absolute atomic E-state index is 0.241. The summed E-state index contributed by atoms with van der Waals surface area (Å²) in [5.74, 6) is 1.16. The molecular weight excluding hydrogens is 355 g/mol. The average molecular weight is 378 g/mol. The van der Waals surface area contributed by atoms with Crippen LogP contribution in [0.4, 0.5) is 10.1 Å². The van der Waals surface area contributed by atoms with Gasteiger partial charge in [-0.1, -0.05) is 48.2 Å². The highest BCUT2D eigenvalue weighted by atomic mass is 19.1. The second kappa shape index (κ2) is 8.99. The maximum absolute atomic E-state index is 13.1. The number of hydrogen-bond acceptors (Lipinski definition) is 4. The lowest BCUT2D eigenvalue weighted by Gasteiger charge is -2.19. The number of para-hydroxylation sites is 1. The molecule has 0 saturated carbocycles. The zero-order valence-corrected chi connectivity index (χ0v) is 15.8. The van der Waals surface area contributed by atoms with Crippen LogP contribution >= 0.6 is 0 Å². The van der Waals surface area contributed by atoms with E-state index in [0.717, 1.165) is 41.0 Å². The molecule has 1 aliphatic carbocycles. The summed E-state index contributed by atoms with van der Waals surface area (Å²) in [6.45, 7) is 4.28. The molecule has 0 heterocycles. The summed E-state index contributed by atoms with van der Waals surface area (Å²) < 4.78 is 19.2. The molecule has 144 valence electrons. The number of allylic oxidation sites excluding steroid dienone is 4. The van der Waals surface area contributed by atoms with Crippen molar-refractivity contribution in [3.8, 4) is 0 Å². The van der Waals surface area contributed by atoms with Crippen LogP contribution in [0.25, 0.3) is 5.57 Å². The number of nitrogens with one attached hydrogen (secondary N) is 2. The Bertz CT molecular complexity index is 918. The fraction of sp³-hybridized carbons (Fsp3) is 0.182. The molecule has 2 N–H and O–H groups in total. The van der Waals surface area contributed by atoms with Crippen LogP contribution in [0.5, 0.6) is 0 Å². The molecule has 0 unspecified atom stereocenters. The highest BCUT2D eigenvalue weighted by Gasteiger charge is 2.11. The van der Waals surface area contributed by atoms with E-state index in [1.807, 2.05) is 30.3 Å². The molecule has 3 rings (SSSR count). The van der Waals surface area contributed by atoms with Crippen molar-refractivity contribution in [2.75, 3.05) is 12.4 Å². The first-order valence-electron chi connectivity index (χ1n) is 9.01. The van der Waals surface area contributed by atoms with E-state index >= 15 is 0 Å². The molecule has 0 amide bonds. The molecule has 0 fully saturated rings. The first-order valence-corrected chi connectivity index (χ1v) is 9.01. The summed E-state index contributed by atoms with van der Waals surface area (Å²) in [5, 5.41) is 7.84. The quantitative estimate of drug-likeness (QED) is 0.446. The van der Waals surface area contributed by atoms with Crippen LogP contribution in [-0.4, -0.2) is 12.1 Å². The van der Waals surface area contributed by atoms with Crippen molar-refractivity contribution >= 4 is 11.3 Å². The molecule has 28 heavy (non-hydrogen) atoms. The fourth-order valence-electron chi connectivity index (χ4n) is 2.87. The Kier molecular flexibility index (Phi) is 6.22. The fourth-order valence-corrected chi connectivity index (χ4v) is 2.87. The Labute approximate surface area is 164 Å². The van der Waals surface area contributed by atoms with E-state index in [2.05, 4.69) is 23.2 Å². The number of ether oxygens (including phenoxy) is 1. The van der Waals surface area contributed by atoms with Gasteiger partial charge in [0.15, 0.2) is 0 Å². The molecule has 2 aromatic rings. The number of rotatable bonds is 8. The Balaban J connectivity index is 1.69. The molecule has 0 spiro atoms. The zero-order valence-electron chi connectivity index (χ0n) is 15.8. The third kappa shape index (κ3) is 4.85. The smallest absolute Gasteiger partial charge is 0.123 e. The van der Waals surface area contributed by atoms with Crippen molar-refractivity contribution in [3.63, 3.8) is 0 Å². The largest absolute Gasteiger partial charge is 0.493 e. The van der Waals surface area contributed by atoms with Gasteiger partial charge in [-0.05, 0) is 41.8 Å². The van der Waals surface area contributed by atoms with Gasteiger partial charge in [-0.2, -0.15) is 5.53 Å². The van der Waals surface area contributed by atoms with Crippen molar-refractivity contribution < 1.29 is 9.13 Å². The lowest BCUT2D eigenvalue weighted by molar-refractivity contribution is 0.189. The molecule has 0 bridgehead atoms. The lowest BCUT2D eigenvalue weighted by Crippen LogP contribution is -2.16. The van der Waals surface area contributed by atoms with Gasteiger partial charge in [0.1, 0.15) is 18.2 Å². The lowest BCUT2D eigenvalue weighted by atomic mass is 9.98. The summed E-state index contributed by atoms with van der Waals surface area (Å²) in [5.41, 5.74) is 10.9. The highest BCUT2D eigenvalue weighted by molar-refractivity contribution is 5.75. The van der Waals surface area contributed by atoms with Crippen LogP contribution in [0.3, 0.4) is 0 Å². The first kappa shape index (κ1) is 19.4. The Morgan fingerprint density at radius 1 is 1.25 bits per heavy atom. The maximum atomic E-state index is 13.1. The average Bonchev–Trinajstić information content (AvgIpc) is 2.73. The van der Waals surface area contributed by atoms with Crippen molar-refractivity contribution in [1.29, 1.82) is 5.53 Å². The second-order valence-electron chi connectivity index (χ2n) is 6.46. The molecular formula is C22H23FN4O. The first-order chi connectivity index (χ1) is 13.6. The summed E-state index contributed by atoms with van der Waals surface area (Å²) in [6, 6.07) is 14.3. The topological polar surface area (TPSA) is 60.7 Å². The number of hydrogen-bond donors (Lipinski definition) is 2. The van der Waals surface area contributed by atoms with Gasteiger partial charge in [0, 0.05) is 24.7 Å². The molecule has 6 heteroatoms. The summed E-state index contributed by atoms with van der Waals surface area (Å²) in [6.07, 6.45) is 5.86. The van der Waals surface area contributed by atoms with Crippen molar-refractivity contribution in [3.05, 3.63) is 95.8 Å². The predicted molar refractivity (Wildman–Crippen MR) is 109 cm³/mol. The minimum Gasteiger partial charge on any atom is -0.493 e. The number of benzene rings is 2. The monoisotopic (exact) mass is 378 g/mol. The zero-order chi connectivity index (χ0) is 19.9. The highest BCUT2D eigenvalue weighted by Crippen LogP contribution is 2.27. The third-order valence-corrected chi connectivity index (χ3v) is 4.50. The van der Waals surface area contributed by atoms with Crippen LogP contribution in [-0.2, 0) is 11.3 Å². The summed E-state index contributed by atoms with van der Waals surface area (Å²) in [7, 11) is 1.65. The van der Waals surface area contributed by atoms with E-state index in [1.54, 1.807) is 19.2 Å². The van der Waals surface area contributed by atoms with Gasteiger partial charge in [-0.15, -0.1) is 0 Å². The molecule has 0 saturated heterocycles. The number of nitrogens with zero attached hydrogens (tertiary/aromatic N) is 2. The van der Waals surface area contributed by atoms with Crippen LogP contribution < -0.4 is 5.32 Å². The van der Waals surface area contributed by atoms with E-state index in [0.29, 0.717) is 12.4 Å². The van der Waals surface area contributed by atoms with E-state index in [1.165, 1.54) is 17.1 Å². The van der Waals surface area contributed by atoms with Crippen molar-refractivity contribution in [2.45, 2.75) is 19.4 Å². The number of anilines is 1. The van der Waals surface area contributed by atoms with Gasteiger partial charge < -0.3 is 10.1 Å². The van der Waals surface area contributed by atoms with Crippen LogP contribution in [0.2, 0.25) is 0 Å². The van der Waals surface area contributed by atoms with E-state index < -0.39 is 0 Å². The molecule has 5 nitrogen and oxygen atoms in total. The molecule has 2 aromatic carbocycles. The molecule has 0 aromatic heterocycles. The van der Waals surface area contributed by atoms with Gasteiger partial charge in [0.25, 0.3) is 0 Å². The normalized spacial score (nSPS) is 13.2. The summed E-state index contributed by atoms with van der Waals surface area (Å²) in [4.78, 5) is 0. The Morgan fingerprint density at radius 3 is 2.75 bits per heavy atom. The van der Waals surface area contributed by atoms with E-state index in [-0.39, 0.29) is 5.82 Å². The van der Waals surface area contributed by atoms with Gasteiger partial charge >= 0.3 is 0 Å². The molecule has 0 radical (unpaired) electrons. The van der Waals surface area contributed by atoms with Crippen molar-refractivity contribution in [1.82, 2.24) is 5.01 Å². The number of halogens is 1. The minimum atomic E-state index is -0.241. The van der Waals surface area contributed by atoms with Gasteiger partial charge in [0.05, 0.1) is 5.76 Å². The summed E-state index contributed by atoms with van der Waals surface area (Å²) >= 11 is 0. The third-order valence-electron chi connectivity index (χ3n) is 4.50. The standard InChI is InChI=1S/C22H23FN4O/c1-16(27(2)26-24)25-22-9-4-3-6-19(22)15-28-21-8-5-7-18(14-21)17-10-12-20(23)13-11-17/h3-4,6-7,9-14,24-25H,1,5,8,15H2,2H3. The van der Waals surface area contributed by atoms with E-state index in [9.17, 15) is 4.39 Å². The van der Waals surface area contributed by atoms with Gasteiger partial charge in [-0.25, -0.2) is 9.40 Å². The van der Waals surface area contributed by atoms with Gasteiger partial charge in [0.2, 0.25) is 0 Å². The van der Waals surface area contributed by atoms with Crippen LogP contribution in [0.15, 0.2) is 84.1 Å². The Hall–Kier alpha value is -3.41. The SMILES string of the molecule is C=C(Nc1ccccc1COC1=CC(c2ccc(F)cc2)=CCC1)N(C)N=N. The Morgan fingerprint density at radius 2 is 2.00 bits per heavy atom. The molecule has 0 aliphatic heterocycles. The van der Waals surface area contributed by atoms with Crippen LogP contribution in [0, 0.1) is 11.3 Å². The molecule has 0 atom stereocenters.